The van der Waals surface area contributed by atoms with Gasteiger partial charge in [0, 0.05) is 28.9 Å². The summed E-state index contributed by atoms with van der Waals surface area (Å²) in [6.45, 7) is 0.306. The van der Waals surface area contributed by atoms with Gasteiger partial charge in [0.15, 0.2) is 5.76 Å². The Morgan fingerprint density at radius 1 is 1.42 bits per heavy atom. The Morgan fingerprint density at radius 2 is 2.32 bits per heavy atom. The molecular weight excluding hydrogens is 244 g/mol. The molecule has 0 saturated carbocycles. The minimum absolute atomic E-state index is 0.174. The number of aromatic amines is 1. The lowest BCUT2D eigenvalue weighted by atomic mass is 10.1. The first-order chi connectivity index (χ1) is 9.24. The molecule has 1 amide bonds. The number of benzene rings is 1. The van der Waals surface area contributed by atoms with Crippen molar-refractivity contribution >= 4 is 22.5 Å². The number of amides is 1. The van der Waals surface area contributed by atoms with E-state index in [-0.39, 0.29) is 5.91 Å². The highest BCUT2D eigenvalue weighted by Gasteiger charge is 2.12. The minimum atomic E-state index is -0.174. The molecule has 3 aromatic rings. The van der Waals surface area contributed by atoms with Gasteiger partial charge in [-0.2, -0.15) is 0 Å². The van der Waals surface area contributed by atoms with E-state index in [0.717, 1.165) is 10.9 Å². The van der Waals surface area contributed by atoms with E-state index in [1.165, 1.54) is 6.20 Å². The molecule has 0 aliphatic rings. The number of aromatic nitrogens is 2. The summed E-state index contributed by atoms with van der Waals surface area (Å²) in [4.78, 5) is 15.1. The average molecular weight is 256 g/mol. The number of nitrogens with two attached hydrogens (primary N) is 1. The van der Waals surface area contributed by atoms with Gasteiger partial charge >= 0.3 is 0 Å². The normalized spacial score (nSPS) is 10.7. The van der Waals surface area contributed by atoms with Crippen LogP contribution >= 0.6 is 0 Å². The molecule has 2 aromatic heterocycles. The van der Waals surface area contributed by atoms with Gasteiger partial charge in [-0.1, -0.05) is 5.16 Å². The van der Waals surface area contributed by atoms with Crippen LogP contribution in [-0.2, 0) is 6.54 Å². The van der Waals surface area contributed by atoms with Crippen molar-refractivity contribution in [3.8, 4) is 0 Å². The lowest BCUT2D eigenvalue weighted by molar-refractivity contribution is 0.0949. The quantitative estimate of drug-likeness (QED) is 0.621. The predicted octanol–water partition coefficient (Wildman–Crippen LogP) is 1.67. The zero-order chi connectivity index (χ0) is 13.2. The van der Waals surface area contributed by atoms with Gasteiger partial charge in [-0.05, 0) is 18.2 Å². The average Bonchev–Trinajstić information content (AvgIpc) is 3.04. The van der Waals surface area contributed by atoms with Crippen LogP contribution in [-0.4, -0.2) is 16.0 Å². The molecule has 0 aliphatic carbocycles. The van der Waals surface area contributed by atoms with Gasteiger partial charge in [0.25, 0.3) is 5.91 Å². The first-order valence-corrected chi connectivity index (χ1v) is 5.78. The second-order valence-corrected chi connectivity index (χ2v) is 4.17. The minimum Gasteiger partial charge on any atom is -0.399 e. The number of rotatable bonds is 3. The van der Waals surface area contributed by atoms with Crippen molar-refractivity contribution < 1.29 is 9.32 Å². The Labute approximate surface area is 108 Å². The zero-order valence-corrected chi connectivity index (χ0v) is 10.0. The third-order valence-corrected chi connectivity index (χ3v) is 2.86. The van der Waals surface area contributed by atoms with Crippen LogP contribution in [0.25, 0.3) is 10.9 Å². The van der Waals surface area contributed by atoms with Crippen LogP contribution in [0.5, 0.6) is 0 Å². The highest BCUT2D eigenvalue weighted by molar-refractivity contribution is 6.07. The van der Waals surface area contributed by atoms with Gasteiger partial charge in [-0.25, -0.2) is 0 Å². The third kappa shape index (κ3) is 2.15. The number of hydrogen-bond donors (Lipinski definition) is 3. The molecule has 1 aromatic carbocycles. The van der Waals surface area contributed by atoms with Crippen molar-refractivity contribution in [2.24, 2.45) is 0 Å². The molecule has 0 fully saturated rings. The molecular formula is C13H12N4O2. The van der Waals surface area contributed by atoms with E-state index in [1.807, 2.05) is 6.07 Å². The van der Waals surface area contributed by atoms with Crippen LogP contribution in [0.2, 0.25) is 0 Å². The third-order valence-electron chi connectivity index (χ3n) is 2.86. The number of H-pyrrole nitrogens is 1. The number of carbonyl (C=O) groups is 1. The first kappa shape index (κ1) is 11.3. The van der Waals surface area contributed by atoms with Crippen LogP contribution in [0.4, 0.5) is 5.69 Å². The van der Waals surface area contributed by atoms with Crippen molar-refractivity contribution in [2.45, 2.75) is 6.54 Å². The van der Waals surface area contributed by atoms with Crippen molar-refractivity contribution in [1.29, 1.82) is 0 Å². The zero-order valence-electron chi connectivity index (χ0n) is 10.0. The summed E-state index contributed by atoms with van der Waals surface area (Å²) in [5.41, 5.74) is 7.76. The first-order valence-electron chi connectivity index (χ1n) is 5.78. The maximum absolute atomic E-state index is 12.1. The van der Waals surface area contributed by atoms with E-state index in [2.05, 4.69) is 15.5 Å². The molecule has 0 radical (unpaired) electrons. The largest absolute Gasteiger partial charge is 0.399 e. The van der Waals surface area contributed by atoms with Crippen molar-refractivity contribution in [3.05, 3.63) is 48.0 Å². The smallest absolute Gasteiger partial charge is 0.253 e. The number of nitrogen functional groups attached to an aromatic ring is 1. The van der Waals surface area contributed by atoms with E-state index in [4.69, 9.17) is 10.3 Å². The number of hydrogen-bond acceptors (Lipinski definition) is 4. The fourth-order valence-corrected chi connectivity index (χ4v) is 1.93. The Hall–Kier alpha value is -2.76. The maximum atomic E-state index is 12.1. The summed E-state index contributed by atoms with van der Waals surface area (Å²) < 4.78 is 4.92. The lowest BCUT2D eigenvalue weighted by Crippen LogP contribution is -2.22. The fraction of sp³-hybridized carbons (Fsp3) is 0.0769. The van der Waals surface area contributed by atoms with Crippen LogP contribution in [0.1, 0.15) is 16.1 Å². The molecule has 2 heterocycles. The van der Waals surface area contributed by atoms with Gasteiger partial charge < -0.3 is 20.6 Å². The summed E-state index contributed by atoms with van der Waals surface area (Å²) in [6, 6.07) is 7.09. The summed E-state index contributed by atoms with van der Waals surface area (Å²) in [5.74, 6) is 0.435. The number of anilines is 1. The van der Waals surface area contributed by atoms with Gasteiger partial charge in [0.2, 0.25) is 0 Å². The number of nitrogens with one attached hydrogen (secondary N) is 2. The van der Waals surface area contributed by atoms with Crippen molar-refractivity contribution in [2.75, 3.05) is 5.73 Å². The number of carbonyl (C=O) groups excluding carboxylic acids is 1. The Balaban J connectivity index is 1.81. The van der Waals surface area contributed by atoms with E-state index in [0.29, 0.717) is 23.6 Å². The molecule has 0 bridgehead atoms. The van der Waals surface area contributed by atoms with Gasteiger partial charge in [-0.3, -0.25) is 4.79 Å². The van der Waals surface area contributed by atoms with Gasteiger partial charge in [0.1, 0.15) is 0 Å². The van der Waals surface area contributed by atoms with E-state index < -0.39 is 0 Å². The molecule has 0 atom stereocenters. The topological polar surface area (TPSA) is 96.9 Å². The standard InChI is InChI=1S/C13H12N4O2/c14-8-1-2-10-11(7-15-12(10)5-8)13(18)16-6-9-3-4-17-19-9/h1-5,7,15H,6,14H2,(H,16,18). The summed E-state index contributed by atoms with van der Waals surface area (Å²) in [6.07, 6.45) is 3.20. The summed E-state index contributed by atoms with van der Waals surface area (Å²) in [7, 11) is 0. The van der Waals surface area contributed by atoms with E-state index in [1.54, 1.807) is 24.4 Å². The molecule has 6 nitrogen and oxygen atoms in total. The fourth-order valence-electron chi connectivity index (χ4n) is 1.93. The highest BCUT2D eigenvalue weighted by atomic mass is 16.5. The van der Waals surface area contributed by atoms with Crippen LogP contribution in [0, 0.1) is 0 Å². The van der Waals surface area contributed by atoms with Crippen LogP contribution < -0.4 is 11.1 Å². The predicted molar refractivity (Wildman–Crippen MR) is 70.4 cm³/mol. The maximum Gasteiger partial charge on any atom is 0.253 e. The second-order valence-electron chi connectivity index (χ2n) is 4.17. The molecule has 4 N–H and O–H groups in total. The summed E-state index contributed by atoms with van der Waals surface area (Å²) in [5, 5.41) is 7.18. The molecule has 19 heavy (non-hydrogen) atoms. The summed E-state index contributed by atoms with van der Waals surface area (Å²) >= 11 is 0. The molecule has 0 spiro atoms. The molecule has 0 aliphatic heterocycles. The SMILES string of the molecule is Nc1ccc2c(C(=O)NCc3ccno3)c[nH]c2c1. The van der Waals surface area contributed by atoms with Gasteiger partial charge in [-0.15, -0.1) is 0 Å². The Kier molecular flexibility index (Phi) is 2.68. The highest BCUT2D eigenvalue weighted by Crippen LogP contribution is 2.20. The monoisotopic (exact) mass is 256 g/mol. The molecule has 0 saturated heterocycles. The second kappa shape index (κ2) is 4.49. The number of fused-ring (bicyclic) bond motifs is 1. The van der Waals surface area contributed by atoms with Crippen LogP contribution in [0.15, 0.2) is 41.2 Å². The van der Waals surface area contributed by atoms with Crippen molar-refractivity contribution in [3.63, 3.8) is 0 Å². The van der Waals surface area contributed by atoms with E-state index >= 15 is 0 Å². The Morgan fingerprint density at radius 3 is 3.11 bits per heavy atom. The molecule has 6 heteroatoms. The lowest BCUT2D eigenvalue weighted by Gasteiger charge is -2.01. The molecule has 3 rings (SSSR count). The van der Waals surface area contributed by atoms with E-state index in [9.17, 15) is 4.79 Å². The van der Waals surface area contributed by atoms with Crippen LogP contribution in [0.3, 0.4) is 0 Å². The Bertz CT molecular complexity index is 715. The molecule has 0 unspecified atom stereocenters. The van der Waals surface area contributed by atoms with Gasteiger partial charge in [0.05, 0.1) is 18.3 Å². The van der Waals surface area contributed by atoms with Crippen molar-refractivity contribution in [1.82, 2.24) is 15.5 Å². The number of nitrogens with zero attached hydrogens (tertiary/aromatic N) is 1. The molecule has 96 valence electrons.